The Morgan fingerprint density at radius 2 is 2.05 bits per heavy atom. The van der Waals surface area contributed by atoms with Crippen LogP contribution in [0.5, 0.6) is 5.75 Å². The van der Waals surface area contributed by atoms with Gasteiger partial charge in [0.2, 0.25) is 5.91 Å². The Morgan fingerprint density at radius 3 is 2.58 bits per heavy atom. The predicted octanol–water partition coefficient (Wildman–Crippen LogP) is 1.61. The fraction of sp³-hybridized carbons (Fsp3) is 0.533. The van der Waals surface area contributed by atoms with E-state index in [-0.39, 0.29) is 12.5 Å². The summed E-state index contributed by atoms with van der Waals surface area (Å²) < 4.78 is 5.10. The molecule has 0 radical (unpaired) electrons. The second-order valence-corrected chi connectivity index (χ2v) is 4.89. The number of amides is 1. The summed E-state index contributed by atoms with van der Waals surface area (Å²) in [4.78, 5) is 13.9. The summed E-state index contributed by atoms with van der Waals surface area (Å²) in [5, 5.41) is 9.00. The normalized spacial score (nSPS) is 14.2. The Kier molecular flexibility index (Phi) is 4.80. The molecule has 0 saturated heterocycles. The molecule has 4 heteroatoms. The van der Waals surface area contributed by atoms with Crippen molar-refractivity contribution < 1.29 is 14.6 Å². The van der Waals surface area contributed by atoms with Crippen LogP contribution in [0.2, 0.25) is 0 Å². The zero-order valence-corrected chi connectivity index (χ0v) is 11.3. The maximum atomic E-state index is 12.1. The number of ether oxygens (including phenoxy) is 1. The second kappa shape index (κ2) is 6.57. The van der Waals surface area contributed by atoms with E-state index in [1.807, 2.05) is 29.2 Å². The fourth-order valence-corrected chi connectivity index (χ4v) is 2.19. The standard InChI is InChI=1S/C15H21NO3/c1-19-14-7-2-12(3-8-14)4-9-15(18)16(10-11-17)13-5-6-13/h2-3,7-8,13,17H,4-6,9-11H2,1H3. The van der Waals surface area contributed by atoms with Crippen molar-refractivity contribution >= 4 is 5.91 Å². The van der Waals surface area contributed by atoms with Gasteiger partial charge in [0.1, 0.15) is 5.75 Å². The molecule has 0 bridgehead atoms. The topological polar surface area (TPSA) is 49.8 Å². The number of aliphatic hydroxyl groups is 1. The van der Waals surface area contributed by atoms with Crippen LogP contribution in [0.15, 0.2) is 24.3 Å². The first-order chi connectivity index (χ1) is 9.24. The summed E-state index contributed by atoms with van der Waals surface area (Å²) in [5.41, 5.74) is 1.13. The van der Waals surface area contributed by atoms with Gasteiger partial charge in [-0.3, -0.25) is 4.79 Å². The van der Waals surface area contributed by atoms with Gasteiger partial charge in [0.15, 0.2) is 0 Å². The van der Waals surface area contributed by atoms with Gasteiger partial charge in [-0.15, -0.1) is 0 Å². The van der Waals surface area contributed by atoms with Crippen molar-refractivity contribution in [2.45, 2.75) is 31.7 Å². The van der Waals surface area contributed by atoms with Crippen LogP contribution in [0, 0.1) is 0 Å². The van der Waals surface area contributed by atoms with E-state index in [1.165, 1.54) is 0 Å². The minimum absolute atomic E-state index is 0.0464. The first-order valence-electron chi connectivity index (χ1n) is 6.78. The molecule has 1 aliphatic rings. The lowest BCUT2D eigenvalue weighted by Gasteiger charge is -2.21. The quantitative estimate of drug-likeness (QED) is 0.813. The van der Waals surface area contributed by atoms with E-state index in [1.54, 1.807) is 7.11 Å². The van der Waals surface area contributed by atoms with Crippen LogP contribution in [0.25, 0.3) is 0 Å². The number of hydrogen-bond acceptors (Lipinski definition) is 3. The minimum atomic E-state index is 0.0464. The van der Waals surface area contributed by atoms with Gasteiger partial charge in [-0.2, -0.15) is 0 Å². The molecule has 1 aromatic rings. The summed E-state index contributed by atoms with van der Waals surface area (Å²) >= 11 is 0. The molecule has 19 heavy (non-hydrogen) atoms. The van der Waals surface area contributed by atoms with E-state index in [4.69, 9.17) is 9.84 Å². The van der Waals surface area contributed by atoms with Crippen LogP contribution in [0.4, 0.5) is 0 Å². The van der Waals surface area contributed by atoms with Gasteiger partial charge in [-0.25, -0.2) is 0 Å². The lowest BCUT2D eigenvalue weighted by Crippen LogP contribution is -2.35. The van der Waals surface area contributed by atoms with Crippen molar-refractivity contribution in [3.05, 3.63) is 29.8 Å². The lowest BCUT2D eigenvalue weighted by atomic mass is 10.1. The van der Waals surface area contributed by atoms with Crippen molar-refractivity contribution in [3.8, 4) is 5.75 Å². The number of hydrogen-bond donors (Lipinski definition) is 1. The summed E-state index contributed by atoms with van der Waals surface area (Å²) in [6.45, 7) is 0.511. The molecule has 104 valence electrons. The Labute approximate surface area is 114 Å². The van der Waals surface area contributed by atoms with Gasteiger partial charge in [-0.05, 0) is 37.0 Å². The van der Waals surface area contributed by atoms with Crippen molar-refractivity contribution in [2.75, 3.05) is 20.3 Å². The Balaban J connectivity index is 1.84. The van der Waals surface area contributed by atoms with Gasteiger partial charge in [0, 0.05) is 19.0 Å². The monoisotopic (exact) mass is 263 g/mol. The van der Waals surface area contributed by atoms with Crippen molar-refractivity contribution in [1.82, 2.24) is 4.90 Å². The molecule has 0 spiro atoms. The Hall–Kier alpha value is -1.55. The van der Waals surface area contributed by atoms with Crippen LogP contribution >= 0.6 is 0 Å². The molecule has 0 unspecified atom stereocenters. The highest BCUT2D eigenvalue weighted by atomic mass is 16.5. The highest BCUT2D eigenvalue weighted by molar-refractivity contribution is 5.77. The first kappa shape index (κ1) is 13.9. The number of nitrogens with zero attached hydrogens (tertiary/aromatic N) is 1. The maximum absolute atomic E-state index is 12.1. The van der Waals surface area contributed by atoms with Gasteiger partial charge in [0.25, 0.3) is 0 Å². The minimum Gasteiger partial charge on any atom is -0.497 e. The smallest absolute Gasteiger partial charge is 0.223 e. The molecule has 0 aromatic heterocycles. The van der Waals surface area contributed by atoms with Crippen LogP contribution in [-0.4, -0.2) is 42.2 Å². The molecule has 1 amide bonds. The van der Waals surface area contributed by atoms with Crippen LogP contribution in [0.3, 0.4) is 0 Å². The van der Waals surface area contributed by atoms with Crippen LogP contribution in [-0.2, 0) is 11.2 Å². The summed E-state index contributed by atoms with van der Waals surface area (Å²) in [6.07, 6.45) is 3.39. The number of benzene rings is 1. The summed E-state index contributed by atoms with van der Waals surface area (Å²) in [7, 11) is 1.64. The third-order valence-electron chi connectivity index (χ3n) is 3.44. The fourth-order valence-electron chi connectivity index (χ4n) is 2.19. The van der Waals surface area contributed by atoms with Crippen molar-refractivity contribution in [3.63, 3.8) is 0 Å². The molecule has 1 aromatic carbocycles. The van der Waals surface area contributed by atoms with E-state index in [9.17, 15) is 4.79 Å². The largest absolute Gasteiger partial charge is 0.497 e. The number of methoxy groups -OCH3 is 1. The Bertz CT molecular complexity index is 412. The SMILES string of the molecule is COc1ccc(CCC(=O)N(CCO)C2CC2)cc1. The molecule has 0 heterocycles. The molecule has 0 aliphatic heterocycles. The highest BCUT2D eigenvalue weighted by Crippen LogP contribution is 2.27. The number of aryl methyl sites for hydroxylation is 1. The predicted molar refractivity (Wildman–Crippen MR) is 73.1 cm³/mol. The zero-order chi connectivity index (χ0) is 13.7. The molecule has 1 fully saturated rings. The molecule has 0 atom stereocenters. The average Bonchev–Trinajstić information content (AvgIpc) is 3.27. The van der Waals surface area contributed by atoms with Crippen molar-refractivity contribution in [2.24, 2.45) is 0 Å². The Morgan fingerprint density at radius 1 is 1.37 bits per heavy atom. The van der Waals surface area contributed by atoms with Gasteiger partial charge in [-0.1, -0.05) is 12.1 Å². The third kappa shape index (κ3) is 3.96. The highest BCUT2D eigenvalue weighted by Gasteiger charge is 2.31. The lowest BCUT2D eigenvalue weighted by molar-refractivity contribution is -0.132. The van der Waals surface area contributed by atoms with E-state index >= 15 is 0 Å². The van der Waals surface area contributed by atoms with Gasteiger partial charge < -0.3 is 14.7 Å². The number of carbonyl (C=O) groups is 1. The van der Waals surface area contributed by atoms with Crippen LogP contribution < -0.4 is 4.74 Å². The third-order valence-corrected chi connectivity index (χ3v) is 3.44. The molecule has 4 nitrogen and oxygen atoms in total. The number of carbonyl (C=O) groups excluding carboxylic acids is 1. The molecule has 1 saturated carbocycles. The number of aliphatic hydroxyl groups excluding tert-OH is 1. The van der Waals surface area contributed by atoms with Gasteiger partial charge in [0.05, 0.1) is 13.7 Å². The van der Waals surface area contributed by atoms with E-state index in [0.29, 0.717) is 19.0 Å². The summed E-state index contributed by atoms with van der Waals surface area (Å²) in [6, 6.07) is 8.16. The average molecular weight is 263 g/mol. The molecule has 2 rings (SSSR count). The van der Waals surface area contributed by atoms with E-state index < -0.39 is 0 Å². The van der Waals surface area contributed by atoms with E-state index in [0.717, 1.165) is 30.6 Å². The van der Waals surface area contributed by atoms with E-state index in [2.05, 4.69) is 0 Å². The second-order valence-electron chi connectivity index (χ2n) is 4.89. The first-order valence-corrected chi connectivity index (χ1v) is 6.78. The molecular weight excluding hydrogens is 242 g/mol. The van der Waals surface area contributed by atoms with Gasteiger partial charge >= 0.3 is 0 Å². The van der Waals surface area contributed by atoms with Crippen LogP contribution in [0.1, 0.15) is 24.8 Å². The molecule has 1 aliphatic carbocycles. The molecule has 1 N–H and O–H groups in total. The van der Waals surface area contributed by atoms with Crippen molar-refractivity contribution in [1.29, 1.82) is 0 Å². The maximum Gasteiger partial charge on any atom is 0.223 e. The summed E-state index contributed by atoms with van der Waals surface area (Å²) in [5.74, 6) is 0.974. The molecular formula is C15H21NO3. The number of rotatable bonds is 7. The zero-order valence-electron chi connectivity index (χ0n) is 11.3.